The smallest absolute Gasteiger partial charge is 0.328 e. The van der Waals surface area contributed by atoms with E-state index in [0.29, 0.717) is 11.3 Å². The maximum Gasteiger partial charge on any atom is 0.328 e. The Balaban J connectivity index is 3.15. The first-order chi connectivity index (χ1) is 6.13. The number of aromatic nitrogens is 1. The van der Waals surface area contributed by atoms with Gasteiger partial charge in [-0.25, -0.2) is 4.98 Å². The van der Waals surface area contributed by atoms with Crippen molar-refractivity contribution in [2.75, 3.05) is 0 Å². The van der Waals surface area contributed by atoms with E-state index in [1.54, 1.807) is 13.0 Å². The van der Waals surface area contributed by atoms with Crippen molar-refractivity contribution in [3.63, 3.8) is 0 Å². The molecule has 0 saturated heterocycles. The van der Waals surface area contributed by atoms with Gasteiger partial charge in [-0.3, -0.25) is 4.79 Å². The van der Waals surface area contributed by atoms with Gasteiger partial charge in [0.15, 0.2) is 0 Å². The van der Waals surface area contributed by atoms with Crippen LogP contribution < -0.4 is 0 Å². The van der Waals surface area contributed by atoms with Gasteiger partial charge in [-0.05, 0) is 19.1 Å². The van der Waals surface area contributed by atoms with E-state index in [-0.39, 0.29) is 5.15 Å². The van der Waals surface area contributed by atoms with Crippen LogP contribution in [0.4, 0.5) is 0 Å². The van der Waals surface area contributed by atoms with Crippen molar-refractivity contribution in [1.82, 2.24) is 4.98 Å². The Kier molecular flexibility index (Phi) is 2.90. The summed E-state index contributed by atoms with van der Waals surface area (Å²) in [7, 11) is 0. The standard InChI is InChI=1S/C8H6ClN3O/c1-5-2-6(3-8(9)12-5)7(13)4-11-10/h2-4H,1H3. The highest BCUT2D eigenvalue weighted by Gasteiger charge is 2.08. The van der Waals surface area contributed by atoms with Crippen LogP contribution in [0.5, 0.6) is 0 Å². The van der Waals surface area contributed by atoms with Crippen molar-refractivity contribution in [3.05, 3.63) is 34.1 Å². The minimum absolute atomic E-state index is 0.245. The third-order valence-electron chi connectivity index (χ3n) is 1.38. The molecule has 0 amide bonds. The number of ketones is 1. The third kappa shape index (κ3) is 2.47. The van der Waals surface area contributed by atoms with Crippen molar-refractivity contribution in [3.8, 4) is 0 Å². The zero-order valence-electron chi connectivity index (χ0n) is 6.86. The fourth-order valence-corrected chi connectivity index (χ4v) is 1.15. The van der Waals surface area contributed by atoms with E-state index in [4.69, 9.17) is 17.1 Å². The van der Waals surface area contributed by atoms with Crippen molar-refractivity contribution in [1.29, 1.82) is 0 Å². The molecule has 0 aliphatic rings. The molecule has 0 N–H and O–H groups in total. The van der Waals surface area contributed by atoms with E-state index in [1.807, 2.05) is 0 Å². The van der Waals surface area contributed by atoms with Crippen molar-refractivity contribution in [2.45, 2.75) is 6.92 Å². The lowest BCUT2D eigenvalue weighted by Gasteiger charge is -1.96. The molecule has 0 unspecified atom stereocenters. The SMILES string of the molecule is Cc1cc(C(=O)C=[N+]=[N-])cc(Cl)n1. The normalized spacial score (nSPS) is 9.08. The zero-order valence-corrected chi connectivity index (χ0v) is 7.62. The molecule has 0 aromatic carbocycles. The minimum Gasteiger partial charge on any atom is -0.361 e. The summed E-state index contributed by atoms with van der Waals surface area (Å²) in [5.41, 5.74) is 9.13. The topological polar surface area (TPSA) is 66.4 Å². The fraction of sp³-hybridized carbons (Fsp3) is 0.125. The Bertz CT molecular complexity index is 376. The monoisotopic (exact) mass is 195 g/mol. The fourth-order valence-electron chi connectivity index (χ4n) is 0.897. The molecule has 0 fully saturated rings. The molecule has 0 aliphatic heterocycles. The van der Waals surface area contributed by atoms with Gasteiger partial charge in [0.05, 0.1) is 0 Å². The number of carbonyl (C=O) groups excluding carboxylic acids is 1. The first-order valence-corrected chi connectivity index (χ1v) is 3.87. The number of pyridine rings is 1. The first kappa shape index (κ1) is 9.58. The number of aryl methyl sites for hydroxylation is 1. The highest BCUT2D eigenvalue weighted by Crippen LogP contribution is 2.09. The number of nitrogens with zero attached hydrogens (tertiary/aromatic N) is 3. The number of halogens is 1. The highest BCUT2D eigenvalue weighted by atomic mass is 35.5. The lowest BCUT2D eigenvalue weighted by Crippen LogP contribution is -2.02. The van der Waals surface area contributed by atoms with Gasteiger partial charge in [0.25, 0.3) is 5.78 Å². The van der Waals surface area contributed by atoms with Crippen LogP contribution in [-0.4, -0.2) is 21.8 Å². The first-order valence-electron chi connectivity index (χ1n) is 3.49. The molecular weight excluding hydrogens is 190 g/mol. The Morgan fingerprint density at radius 2 is 2.38 bits per heavy atom. The van der Waals surface area contributed by atoms with Crippen LogP contribution in [0, 0.1) is 6.92 Å². The van der Waals surface area contributed by atoms with Gasteiger partial charge in [0.1, 0.15) is 5.15 Å². The molecule has 66 valence electrons. The number of rotatable bonds is 2. The molecule has 1 rings (SSSR count). The van der Waals surface area contributed by atoms with Crippen LogP contribution in [0.2, 0.25) is 5.15 Å². The number of hydrogen-bond donors (Lipinski definition) is 0. The van der Waals surface area contributed by atoms with Gasteiger partial charge in [-0.15, -0.1) is 0 Å². The Labute approximate surface area is 79.8 Å². The summed E-state index contributed by atoms with van der Waals surface area (Å²) in [6.45, 7) is 1.72. The van der Waals surface area contributed by atoms with Crippen LogP contribution in [0.15, 0.2) is 12.1 Å². The molecule has 13 heavy (non-hydrogen) atoms. The maximum atomic E-state index is 11.2. The van der Waals surface area contributed by atoms with E-state index in [9.17, 15) is 4.79 Å². The lowest BCUT2D eigenvalue weighted by molar-refractivity contribution is 0.00235. The average molecular weight is 196 g/mol. The van der Waals surface area contributed by atoms with Crippen LogP contribution in [0.1, 0.15) is 16.1 Å². The number of carbonyl (C=O) groups is 1. The average Bonchev–Trinajstić information content (AvgIpc) is 2.03. The minimum atomic E-state index is -0.407. The van der Waals surface area contributed by atoms with E-state index in [2.05, 4.69) is 9.77 Å². The Morgan fingerprint density at radius 3 is 2.92 bits per heavy atom. The zero-order chi connectivity index (χ0) is 9.84. The third-order valence-corrected chi connectivity index (χ3v) is 1.58. The summed E-state index contributed by atoms with van der Waals surface area (Å²) in [6.07, 6.45) is 0.811. The molecule has 1 aromatic heterocycles. The molecular formula is C8H6ClN3O. The van der Waals surface area contributed by atoms with E-state index in [0.717, 1.165) is 6.21 Å². The number of Topliss-reactive ketones (excluding diaryl/α,β-unsaturated/α-hetero) is 1. The molecule has 1 aromatic rings. The van der Waals surface area contributed by atoms with Gasteiger partial charge < -0.3 is 5.53 Å². The molecule has 0 bridgehead atoms. The van der Waals surface area contributed by atoms with E-state index < -0.39 is 5.78 Å². The molecule has 0 spiro atoms. The van der Waals surface area contributed by atoms with Crippen LogP contribution in [0.25, 0.3) is 5.53 Å². The van der Waals surface area contributed by atoms with Gasteiger partial charge in [-0.1, -0.05) is 11.6 Å². The molecule has 4 nitrogen and oxygen atoms in total. The lowest BCUT2D eigenvalue weighted by atomic mass is 10.1. The second-order valence-electron chi connectivity index (χ2n) is 2.43. The molecule has 0 radical (unpaired) electrons. The molecule has 1 heterocycles. The van der Waals surface area contributed by atoms with E-state index >= 15 is 0 Å². The molecule has 0 aliphatic carbocycles. The van der Waals surface area contributed by atoms with Crippen molar-refractivity contribution in [2.24, 2.45) is 0 Å². The largest absolute Gasteiger partial charge is 0.361 e. The predicted octanol–water partition coefficient (Wildman–Crippen LogP) is 1.53. The second kappa shape index (κ2) is 3.94. The quantitative estimate of drug-likeness (QED) is 0.236. The molecule has 0 atom stereocenters. The van der Waals surface area contributed by atoms with Crippen LogP contribution in [-0.2, 0) is 0 Å². The summed E-state index contributed by atoms with van der Waals surface area (Å²) >= 11 is 5.62. The Hall–Kier alpha value is -1.51. The maximum absolute atomic E-state index is 11.2. The van der Waals surface area contributed by atoms with Gasteiger partial charge in [0.2, 0.25) is 0 Å². The molecule has 0 saturated carbocycles. The Morgan fingerprint density at radius 1 is 1.69 bits per heavy atom. The summed E-state index contributed by atoms with van der Waals surface area (Å²) in [6, 6.07) is 2.98. The van der Waals surface area contributed by atoms with Gasteiger partial charge in [0, 0.05) is 11.3 Å². The second-order valence-corrected chi connectivity index (χ2v) is 2.82. The van der Waals surface area contributed by atoms with Crippen LogP contribution >= 0.6 is 11.6 Å². The number of hydrogen-bond acceptors (Lipinski definition) is 2. The van der Waals surface area contributed by atoms with Gasteiger partial charge >= 0.3 is 6.21 Å². The van der Waals surface area contributed by atoms with Crippen LogP contribution in [0.3, 0.4) is 0 Å². The highest BCUT2D eigenvalue weighted by molar-refractivity contribution is 6.35. The molecule has 5 heteroatoms. The van der Waals surface area contributed by atoms with E-state index in [1.165, 1.54) is 6.07 Å². The van der Waals surface area contributed by atoms with Crippen molar-refractivity contribution >= 4 is 23.6 Å². The van der Waals surface area contributed by atoms with Gasteiger partial charge in [-0.2, -0.15) is 4.79 Å². The summed E-state index contributed by atoms with van der Waals surface area (Å²) in [5.74, 6) is -0.407. The summed E-state index contributed by atoms with van der Waals surface area (Å²) in [4.78, 5) is 17.7. The summed E-state index contributed by atoms with van der Waals surface area (Å²) in [5, 5.41) is 0.245. The predicted molar refractivity (Wildman–Crippen MR) is 48.0 cm³/mol. The summed E-state index contributed by atoms with van der Waals surface area (Å²) < 4.78 is 0. The van der Waals surface area contributed by atoms with Crippen molar-refractivity contribution < 1.29 is 9.58 Å².